The van der Waals surface area contributed by atoms with Crippen LogP contribution in [0.4, 0.5) is 0 Å². The summed E-state index contributed by atoms with van der Waals surface area (Å²) in [5, 5.41) is -0.00385. The lowest BCUT2D eigenvalue weighted by Crippen LogP contribution is -2.71. The summed E-state index contributed by atoms with van der Waals surface area (Å²) in [6.45, 7) is 10.1. The van der Waals surface area contributed by atoms with Crippen LogP contribution in [-0.4, -0.2) is 35.1 Å². The molecule has 0 radical (unpaired) electrons. The third kappa shape index (κ3) is 3.43. The lowest BCUT2D eigenvalue weighted by atomic mass is 9.26. The first-order valence-electron chi connectivity index (χ1n) is 12.2. The minimum Gasteiger partial charge on any atom is -0.318 e. The van der Waals surface area contributed by atoms with E-state index in [9.17, 15) is 0 Å². The molecule has 6 heterocycles. The Bertz CT molecular complexity index is 547. The molecule has 0 N–H and O–H groups in total. The number of rotatable bonds is 6. The SMILES string of the molecule is CC12CC3(C)OC(C)(CC(C)(O1)[PH+]3CCCCCB1C3CCCC1CCC3)O2. The summed E-state index contributed by atoms with van der Waals surface area (Å²) in [5.41, 5.74) is 0. The van der Waals surface area contributed by atoms with Gasteiger partial charge >= 0.3 is 0 Å². The lowest BCUT2D eigenvalue weighted by molar-refractivity contribution is -0.468. The number of hydrogen-bond acceptors (Lipinski definition) is 3. The molecule has 6 fully saturated rings. The highest BCUT2D eigenvalue weighted by atomic mass is 31.1. The Kier molecular flexibility index (Phi) is 5.03. The maximum absolute atomic E-state index is 6.59. The fraction of sp³-hybridized carbons (Fsp3) is 1.00. The van der Waals surface area contributed by atoms with E-state index in [-0.39, 0.29) is 10.7 Å². The zero-order valence-corrected chi connectivity index (χ0v) is 19.6. The molecule has 6 aliphatic rings. The number of ether oxygens (including phenoxy) is 3. The summed E-state index contributed by atoms with van der Waals surface area (Å²) in [5.74, 6) is 1.26. The van der Waals surface area contributed by atoms with Gasteiger partial charge in [-0.15, -0.1) is 0 Å². The van der Waals surface area contributed by atoms with E-state index in [2.05, 4.69) is 27.7 Å². The summed E-state index contributed by atoms with van der Waals surface area (Å²) >= 11 is 0. The normalized spacial score (nSPS) is 52.3. The Morgan fingerprint density at radius 1 is 0.750 bits per heavy atom. The van der Waals surface area contributed by atoms with E-state index < -0.39 is 19.5 Å². The molecule has 6 bridgehead atoms. The molecule has 4 unspecified atom stereocenters. The highest BCUT2D eigenvalue weighted by Crippen LogP contribution is 2.76. The Morgan fingerprint density at radius 3 is 1.82 bits per heavy atom. The average Bonchev–Trinajstić information content (AvgIpc) is 2.52. The molecule has 0 aromatic rings. The van der Waals surface area contributed by atoms with Crippen molar-refractivity contribution in [3.63, 3.8) is 0 Å². The summed E-state index contributed by atoms with van der Waals surface area (Å²) in [7, 11) is -0.747. The van der Waals surface area contributed by atoms with Crippen LogP contribution in [0.5, 0.6) is 0 Å². The van der Waals surface area contributed by atoms with Crippen molar-refractivity contribution in [2.75, 3.05) is 6.16 Å². The van der Waals surface area contributed by atoms with Gasteiger partial charge in [0, 0.05) is 13.8 Å². The van der Waals surface area contributed by atoms with Gasteiger partial charge in [0.15, 0.2) is 22.3 Å². The molecule has 28 heavy (non-hydrogen) atoms. The van der Waals surface area contributed by atoms with Crippen LogP contribution >= 0.6 is 7.92 Å². The standard InChI is InChI=1S/C23H40BO3P/c1-20-16-22(3)27-21(2,25-20)17-23(4,26-20)28(22)15-7-5-6-14-24-18-10-8-11-19(24)13-9-12-18/h18-19H,5-17H2,1-4H3/p+1. The van der Waals surface area contributed by atoms with Gasteiger partial charge < -0.3 is 14.2 Å². The van der Waals surface area contributed by atoms with Crippen LogP contribution in [-0.2, 0) is 14.2 Å². The second-order valence-corrected chi connectivity index (χ2v) is 15.1. The number of fused-ring (bicyclic) bond motifs is 2. The predicted octanol–water partition coefficient (Wildman–Crippen LogP) is 6.71. The molecule has 0 aromatic carbocycles. The molecular weight excluding hydrogens is 366 g/mol. The maximum Gasteiger partial charge on any atom is 0.183 e. The van der Waals surface area contributed by atoms with Gasteiger partial charge in [-0.05, 0) is 20.3 Å². The first-order chi connectivity index (χ1) is 13.2. The van der Waals surface area contributed by atoms with E-state index in [1.165, 1.54) is 70.3 Å². The van der Waals surface area contributed by atoms with Crippen molar-refractivity contribution in [3.8, 4) is 0 Å². The first kappa shape index (κ1) is 20.3. The lowest BCUT2D eigenvalue weighted by Gasteiger charge is -2.65. The molecule has 0 amide bonds. The summed E-state index contributed by atoms with van der Waals surface area (Å²) in [4.78, 5) is 0. The van der Waals surface area contributed by atoms with Crippen molar-refractivity contribution in [3.05, 3.63) is 0 Å². The molecule has 0 aromatic heterocycles. The van der Waals surface area contributed by atoms with Crippen LogP contribution < -0.4 is 0 Å². The third-order valence-corrected chi connectivity index (χ3v) is 12.8. The maximum atomic E-state index is 6.59. The van der Waals surface area contributed by atoms with Gasteiger partial charge in [0.1, 0.15) is 6.71 Å². The van der Waals surface area contributed by atoms with Gasteiger partial charge in [0.05, 0.1) is 26.9 Å². The molecular formula is C23H41BO3P+. The smallest absolute Gasteiger partial charge is 0.183 e. The van der Waals surface area contributed by atoms with Crippen LogP contribution in [0.3, 0.4) is 0 Å². The van der Waals surface area contributed by atoms with Crippen molar-refractivity contribution in [2.45, 2.75) is 139 Å². The first-order valence-corrected chi connectivity index (χ1v) is 13.9. The molecule has 0 saturated carbocycles. The average molecular weight is 407 g/mol. The van der Waals surface area contributed by atoms with Crippen molar-refractivity contribution < 1.29 is 14.2 Å². The minimum absolute atomic E-state index is 0.00192. The number of hydrogen-bond donors (Lipinski definition) is 0. The van der Waals surface area contributed by atoms with Gasteiger partial charge in [-0.2, -0.15) is 0 Å². The second kappa shape index (κ2) is 6.94. The van der Waals surface area contributed by atoms with Crippen LogP contribution in [0, 0.1) is 0 Å². The van der Waals surface area contributed by atoms with Crippen molar-refractivity contribution in [1.29, 1.82) is 0 Å². The molecule has 158 valence electrons. The van der Waals surface area contributed by atoms with Crippen molar-refractivity contribution >= 4 is 14.6 Å². The topological polar surface area (TPSA) is 27.7 Å². The van der Waals surface area contributed by atoms with Gasteiger partial charge in [0.25, 0.3) is 0 Å². The fourth-order valence-electron chi connectivity index (χ4n) is 8.46. The Labute approximate surface area is 173 Å². The summed E-state index contributed by atoms with van der Waals surface area (Å²) in [6, 6.07) is 0. The molecule has 6 aliphatic heterocycles. The summed E-state index contributed by atoms with van der Waals surface area (Å²) < 4.78 is 19.4. The van der Waals surface area contributed by atoms with E-state index in [0.717, 1.165) is 31.2 Å². The van der Waals surface area contributed by atoms with Crippen LogP contribution in [0.2, 0.25) is 18.0 Å². The van der Waals surface area contributed by atoms with Gasteiger partial charge in [-0.1, -0.05) is 69.3 Å². The van der Waals surface area contributed by atoms with E-state index in [0.29, 0.717) is 0 Å². The van der Waals surface area contributed by atoms with Crippen molar-refractivity contribution in [2.24, 2.45) is 0 Å². The number of unbranched alkanes of at least 4 members (excludes halogenated alkanes) is 2. The highest BCUT2D eigenvalue weighted by molar-refractivity contribution is 7.60. The van der Waals surface area contributed by atoms with Crippen LogP contribution in [0.15, 0.2) is 0 Å². The van der Waals surface area contributed by atoms with E-state index in [1.54, 1.807) is 0 Å². The summed E-state index contributed by atoms with van der Waals surface area (Å²) in [6.07, 6.45) is 18.0. The Morgan fingerprint density at radius 2 is 1.29 bits per heavy atom. The van der Waals surface area contributed by atoms with Gasteiger partial charge in [-0.25, -0.2) is 0 Å². The molecule has 6 saturated heterocycles. The second-order valence-electron chi connectivity index (χ2n) is 11.5. The van der Waals surface area contributed by atoms with Gasteiger partial charge in [0.2, 0.25) is 0 Å². The highest BCUT2D eigenvalue weighted by Gasteiger charge is 2.75. The predicted molar refractivity (Wildman–Crippen MR) is 119 cm³/mol. The van der Waals surface area contributed by atoms with Crippen molar-refractivity contribution in [1.82, 2.24) is 0 Å². The van der Waals surface area contributed by atoms with Crippen LogP contribution in [0.1, 0.15) is 98.3 Å². The molecule has 4 atom stereocenters. The Hall–Kier alpha value is 0.375. The molecule has 3 nitrogen and oxygen atoms in total. The minimum atomic E-state index is -0.747. The monoisotopic (exact) mass is 407 g/mol. The Balaban J connectivity index is 1.15. The fourth-order valence-corrected chi connectivity index (χ4v) is 13.0. The van der Waals surface area contributed by atoms with Crippen LogP contribution in [0.25, 0.3) is 0 Å². The zero-order valence-electron chi connectivity index (χ0n) is 18.6. The quantitative estimate of drug-likeness (QED) is 0.278. The molecule has 6 rings (SSSR count). The van der Waals surface area contributed by atoms with E-state index >= 15 is 0 Å². The largest absolute Gasteiger partial charge is 0.318 e. The van der Waals surface area contributed by atoms with Gasteiger partial charge in [-0.3, -0.25) is 0 Å². The molecule has 0 aliphatic carbocycles. The third-order valence-electron chi connectivity index (χ3n) is 8.88. The van der Waals surface area contributed by atoms with E-state index in [1.807, 2.05) is 0 Å². The molecule has 0 spiro atoms. The zero-order chi connectivity index (χ0) is 19.6. The van der Waals surface area contributed by atoms with E-state index in [4.69, 9.17) is 14.2 Å². The molecule has 5 heteroatoms.